The Balaban J connectivity index is 2.66. The Morgan fingerprint density at radius 2 is 2.00 bits per heavy atom. The number of hydrogen-bond donors (Lipinski definition) is 0. The molecule has 0 saturated carbocycles. The van der Waals surface area contributed by atoms with E-state index in [4.69, 9.17) is 9.47 Å². The number of hydrogen-bond acceptors (Lipinski definition) is 4. The number of ether oxygens (including phenoxy) is 2. The highest BCUT2D eigenvalue weighted by Gasteiger charge is 2.37. The van der Waals surface area contributed by atoms with Crippen molar-refractivity contribution in [3.05, 3.63) is 28.5 Å². The Hall–Kier alpha value is -1.43. The normalized spacial score (nSPS) is 11.1. The van der Waals surface area contributed by atoms with Crippen LogP contribution < -0.4 is 4.74 Å². The highest BCUT2D eigenvalue weighted by molar-refractivity contribution is 9.10. The summed E-state index contributed by atoms with van der Waals surface area (Å²) in [5, 5.41) is 0. The van der Waals surface area contributed by atoms with Gasteiger partial charge in [0.1, 0.15) is 23.6 Å². The van der Waals surface area contributed by atoms with E-state index >= 15 is 0 Å². The van der Waals surface area contributed by atoms with Gasteiger partial charge in [0.15, 0.2) is 5.78 Å². The van der Waals surface area contributed by atoms with Crippen molar-refractivity contribution in [1.29, 1.82) is 0 Å². The van der Waals surface area contributed by atoms with Gasteiger partial charge in [-0.15, -0.1) is 0 Å². The fraction of sp³-hybridized carbons (Fsp3) is 0.429. The van der Waals surface area contributed by atoms with Crippen LogP contribution in [0.1, 0.15) is 20.8 Å². The minimum atomic E-state index is -1.27. The second-order valence-corrected chi connectivity index (χ2v) is 5.49. The SMILES string of the molecule is CCOC(=O)C(C)(C)C(=O)COc1ccc(F)c(Br)c1. The highest BCUT2D eigenvalue weighted by atomic mass is 79.9. The van der Waals surface area contributed by atoms with Crippen LogP contribution in [0.15, 0.2) is 22.7 Å². The van der Waals surface area contributed by atoms with Crippen molar-refractivity contribution in [3.8, 4) is 5.75 Å². The summed E-state index contributed by atoms with van der Waals surface area (Å²) in [6.45, 7) is 4.56. The van der Waals surface area contributed by atoms with E-state index in [9.17, 15) is 14.0 Å². The highest BCUT2D eigenvalue weighted by Crippen LogP contribution is 2.23. The lowest BCUT2D eigenvalue weighted by atomic mass is 9.88. The van der Waals surface area contributed by atoms with Crippen molar-refractivity contribution in [2.45, 2.75) is 20.8 Å². The van der Waals surface area contributed by atoms with E-state index in [2.05, 4.69) is 15.9 Å². The molecule has 1 aromatic rings. The van der Waals surface area contributed by atoms with Gasteiger partial charge in [0, 0.05) is 0 Å². The molecule has 110 valence electrons. The van der Waals surface area contributed by atoms with Gasteiger partial charge in [0.25, 0.3) is 0 Å². The van der Waals surface area contributed by atoms with Crippen LogP contribution >= 0.6 is 15.9 Å². The first kappa shape index (κ1) is 16.6. The standard InChI is InChI=1S/C14H16BrFO4/c1-4-19-13(18)14(2,3)12(17)8-20-9-5-6-11(16)10(15)7-9/h5-7H,4,8H2,1-3H3. The lowest BCUT2D eigenvalue weighted by Gasteiger charge is -2.20. The van der Waals surface area contributed by atoms with Gasteiger partial charge >= 0.3 is 5.97 Å². The van der Waals surface area contributed by atoms with Crippen molar-refractivity contribution in [1.82, 2.24) is 0 Å². The molecule has 0 aromatic heterocycles. The molecular formula is C14H16BrFO4. The summed E-state index contributed by atoms with van der Waals surface area (Å²) in [7, 11) is 0. The maximum absolute atomic E-state index is 13.0. The maximum Gasteiger partial charge on any atom is 0.319 e. The number of benzene rings is 1. The van der Waals surface area contributed by atoms with Gasteiger partial charge in [0.05, 0.1) is 11.1 Å². The second-order valence-electron chi connectivity index (χ2n) is 4.63. The van der Waals surface area contributed by atoms with Crippen molar-refractivity contribution in [2.75, 3.05) is 13.2 Å². The van der Waals surface area contributed by atoms with E-state index in [0.29, 0.717) is 5.75 Å². The Bertz CT molecular complexity index is 514. The zero-order valence-corrected chi connectivity index (χ0v) is 13.1. The molecule has 0 heterocycles. The zero-order chi connectivity index (χ0) is 15.3. The van der Waals surface area contributed by atoms with Crippen LogP contribution in [0.25, 0.3) is 0 Å². The van der Waals surface area contributed by atoms with E-state index in [-0.39, 0.29) is 17.7 Å². The first-order valence-corrected chi connectivity index (χ1v) is 6.86. The van der Waals surface area contributed by atoms with E-state index < -0.39 is 23.0 Å². The van der Waals surface area contributed by atoms with Gasteiger partial charge in [0.2, 0.25) is 0 Å². The molecule has 0 atom stereocenters. The topological polar surface area (TPSA) is 52.6 Å². The third-order valence-corrected chi connectivity index (χ3v) is 3.35. The van der Waals surface area contributed by atoms with Gasteiger partial charge in [-0.05, 0) is 54.9 Å². The molecule has 4 nitrogen and oxygen atoms in total. The van der Waals surface area contributed by atoms with E-state index in [1.165, 1.54) is 32.0 Å². The minimum absolute atomic E-state index is 0.210. The average molecular weight is 347 g/mol. The van der Waals surface area contributed by atoms with Gasteiger partial charge in [-0.25, -0.2) is 4.39 Å². The largest absolute Gasteiger partial charge is 0.486 e. The van der Waals surface area contributed by atoms with Crippen LogP contribution in [0.5, 0.6) is 5.75 Å². The zero-order valence-electron chi connectivity index (χ0n) is 11.5. The molecule has 0 fully saturated rings. The molecule has 1 rings (SSSR count). The predicted molar refractivity (Wildman–Crippen MR) is 75.0 cm³/mol. The smallest absolute Gasteiger partial charge is 0.319 e. The van der Waals surface area contributed by atoms with E-state index in [1.54, 1.807) is 6.92 Å². The number of ketones is 1. The summed E-state index contributed by atoms with van der Waals surface area (Å²) in [6.07, 6.45) is 0. The summed E-state index contributed by atoms with van der Waals surface area (Å²) < 4.78 is 23.4. The van der Waals surface area contributed by atoms with Crippen LogP contribution in [0.4, 0.5) is 4.39 Å². The Labute approximate surface area is 125 Å². The van der Waals surface area contributed by atoms with Gasteiger partial charge in [-0.2, -0.15) is 0 Å². The quantitative estimate of drug-likeness (QED) is 0.586. The van der Waals surface area contributed by atoms with E-state index in [0.717, 1.165) is 0 Å². The molecule has 6 heteroatoms. The Kier molecular flexibility index (Phi) is 5.68. The third-order valence-electron chi connectivity index (χ3n) is 2.74. The van der Waals surface area contributed by atoms with Gasteiger partial charge < -0.3 is 9.47 Å². The van der Waals surface area contributed by atoms with Crippen molar-refractivity contribution in [2.24, 2.45) is 5.41 Å². The molecule has 0 aliphatic heterocycles. The molecule has 0 spiro atoms. The summed E-state index contributed by atoms with van der Waals surface area (Å²) in [5.41, 5.74) is -1.27. The molecule has 0 radical (unpaired) electrons. The number of rotatable bonds is 6. The fourth-order valence-electron chi connectivity index (χ4n) is 1.32. The Morgan fingerprint density at radius 1 is 1.35 bits per heavy atom. The number of halogens is 2. The number of carbonyl (C=O) groups excluding carboxylic acids is 2. The summed E-state index contributed by atoms with van der Waals surface area (Å²) in [4.78, 5) is 23.7. The minimum Gasteiger partial charge on any atom is -0.486 e. The molecule has 1 aromatic carbocycles. The number of carbonyl (C=O) groups is 2. The fourth-order valence-corrected chi connectivity index (χ4v) is 1.68. The molecule has 0 saturated heterocycles. The molecule has 0 aliphatic carbocycles. The Morgan fingerprint density at radius 3 is 2.55 bits per heavy atom. The summed E-state index contributed by atoms with van der Waals surface area (Å²) >= 11 is 3.02. The van der Waals surface area contributed by atoms with Crippen LogP contribution in [-0.2, 0) is 14.3 Å². The first-order valence-electron chi connectivity index (χ1n) is 6.07. The van der Waals surface area contributed by atoms with Crippen LogP contribution in [0.2, 0.25) is 0 Å². The lowest BCUT2D eigenvalue weighted by molar-refractivity contribution is -0.158. The van der Waals surface area contributed by atoms with Gasteiger partial charge in [-0.3, -0.25) is 9.59 Å². The molecular weight excluding hydrogens is 331 g/mol. The molecule has 0 unspecified atom stereocenters. The first-order chi connectivity index (χ1) is 9.28. The molecule has 0 amide bonds. The molecule has 0 bridgehead atoms. The lowest BCUT2D eigenvalue weighted by Crippen LogP contribution is -2.38. The maximum atomic E-state index is 13.0. The van der Waals surface area contributed by atoms with Crippen LogP contribution in [-0.4, -0.2) is 25.0 Å². The van der Waals surface area contributed by atoms with Crippen molar-refractivity contribution in [3.63, 3.8) is 0 Å². The summed E-state index contributed by atoms with van der Waals surface area (Å²) in [6, 6.07) is 4.05. The third kappa shape index (κ3) is 4.03. The van der Waals surface area contributed by atoms with Crippen LogP contribution in [0.3, 0.4) is 0 Å². The second kappa shape index (κ2) is 6.83. The average Bonchev–Trinajstić information content (AvgIpc) is 2.39. The predicted octanol–water partition coefficient (Wildman–Crippen LogP) is 3.13. The monoisotopic (exact) mass is 346 g/mol. The molecule has 20 heavy (non-hydrogen) atoms. The molecule has 0 N–H and O–H groups in total. The van der Waals surface area contributed by atoms with Crippen LogP contribution in [0, 0.1) is 11.2 Å². The van der Waals surface area contributed by atoms with Crippen molar-refractivity contribution >= 4 is 27.7 Å². The van der Waals surface area contributed by atoms with Crippen molar-refractivity contribution < 1.29 is 23.5 Å². The number of Topliss-reactive ketones (excluding diaryl/α,β-unsaturated/α-hetero) is 1. The van der Waals surface area contributed by atoms with Gasteiger partial charge in [-0.1, -0.05) is 0 Å². The van der Waals surface area contributed by atoms with E-state index in [1.807, 2.05) is 0 Å². The summed E-state index contributed by atoms with van der Waals surface area (Å²) in [5.74, 6) is -1.08. The molecule has 0 aliphatic rings. The number of esters is 1.